The lowest BCUT2D eigenvalue weighted by atomic mass is 9.82. The van der Waals surface area contributed by atoms with Gasteiger partial charge in [0.15, 0.2) is 5.58 Å². The number of furan rings is 1. The number of benzene rings is 7. The summed E-state index contributed by atoms with van der Waals surface area (Å²) in [5.41, 5.74) is 14.7. The Morgan fingerprint density at radius 1 is 0.404 bits per heavy atom. The predicted molar refractivity (Wildman–Crippen MR) is 195 cm³/mol. The summed E-state index contributed by atoms with van der Waals surface area (Å²) >= 11 is 0. The number of aryl methyl sites for hydroxylation is 2. The SMILES string of the molecule is c1ccc(-n2c3ccccc3c3c4c(ccc32)-c2ccc3c(c2CC4)c2ccccc2n3-c2cccc3c2oc2ccccc23)cc1. The minimum atomic E-state index is 0.921. The molecule has 0 radical (unpaired) electrons. The van der Waals surface area contributed by atoms with Crippen LogP contribution in [0.4, 0.5) is 0 Å². The van der Waals surface area contributed by atoms with Crippen LogP contribution in [0.3, 0.4) is 0 Å². The smallest absolute Gasteiger partial charge is 0.159 e. The van der Waals surface area contributed by atoms with Gasteiger partial charge in [0.1, 0.15) is 5.58 Å². The van der Waals surface area contributed by atoms with Crippen molar-refractivity contribution in [3.8, 4) is 22.5 Å². The monoisotopic (exact) mass is 600 g/mol. The van der Waals surface area contributed by atoms with Crippen LogP contribution in [0.15, 0.2) is 150 Å². The number of nitrogens with zero attached hydrogens (tertiary/aromatic N) is 2. The Bertz CT molecular complexity index is 2900. The lowest BCUT2D eigenvalue weighted by Crippen LogP contribution is -2.06. The first-order valence-corrected chi connectivity index (χ1v) is 16.4. The van der Waals surface area contributed by atoms with Crippen LogP contribution in [0.25, 0.3) is 88.1 Å². The highest BCUT2D eigenvalue weighted by Gasteiger charge is 2.26. The minimum absolute atomic E-state index is 0.921. The normalized spacial score (nSPS) is 12.9. The molecule has 0 bridgehead atoms. The highest BCUT2D eigenvalue weighted by Crippen LogP contribution is 2.47. The van der Waals surface area contributed by atoms with Gasteiger partial charge in [-0.05, 0) is 83.6 Å². The molecular weight excluding hydrogens is 572 g/mol. The van der Waals surface area contributed by atoms with E-state index in [0.29, 0.717) is 0 Å². The number of rotatable bonds is 2. The lowest BCUT2D eigenvalue weighted by Gasteiger charge is -2.22. The van der Waals surface area contributed by atoms with Crippen LogP contribution in [0.2, 0.25) is 0 Å². The third-order valence-electron chi connectivity index (χ3n) is 10.4. The topological polar surface area (TPSA) is 23.0 Å². The summed E-state index contributed by atoms with van der Waals surface area (Å²) in [6.45, 7) is 0. The summed E-state index contributed by atoms with van der Waals surface area (Å²) in [6.07, 6.45) is 1.99. The maximum atomic E-state index is 6.55. The fourth-order valence-corrected chi connectivity index (χ4v) is 8.56. The van der Waals surface area contributed by atoms with E-state index in [-0.39, 0.29) is 0 Å². The Balaban J connectivity index is 1.20. The number of para-hydroxylation sites is 5. The molecule has 1 aliphatic carbocycles. The highest BCUT2D eigenvalue weighted by atomic mass is 16.3. The maximum Gasteiger partial charge on any atom is 0.159 e. The van der Waals surface area contributed by atoms with Crippen LogP contribution >= 0.6 is 0 Å². The third kappa shape index (κ3) is 3.30. The van der Waals surface area contributed by atoms with Crippen molar-refractivity contribution in [3.63, 3.8) is 0 Å². The molecular formula is C44H28N2O. The molecule has 0 saturated carbocycles. The van der Waals surface area contributed by atoms with Crippen LogP contribution in [-0.4, -0.2) is 9.13 Å². The number of hydrogen-bond acceptors (Lipinski definition) is 1. The number of fused-ring (bicyclic) bond motifs is 14. The largest absolute Gasteiger partial charge is 0.454 e. The van der Waals surface area contributed by atoms with Gasteiger partial charge in [-0.15, -0.1) is 0 Å². The third-order valence-corrected chi connectivity index (χ3v) is 10.4. The molecule has 47 heavy (non-hydrogen) atoms. The Morgan fingerprint density at radius 3 is 1.66 bits per heavy atom. The Kier molecular flexibility index (Phi) is 4.95. The Morgan fingerprint density at radius 2 is 0.957 bits per heavy atom. The van der Waals surface area contributed by atoms with Gasteiger partial charge >= 0.3 is 0 Å². The van der Waals surface area contributed by atoms with Crippen molar-refractivity contribution in [2.24, 2.45) is 0 Å². The minimum Gasteiger partial charge on any atom is -0.454 e. The molecule has 0 atom stereocenters. The van der Waals surface area contributed by atoms with Gasteiger partial charge in [-0.2, -0.15) is 0 Å². The van der Waals surface area contributed by atoms with E-state index >= 15 is 0 Å². The van der Waals surface area contributed by atoms with Crippen molar-refractivity contribution in [2.45, 2.75) is 12.8 Å². The molecule has 0 aliphatic heterocycles. The fraction of sp³-hybridized carbons (Fsp3) is 0.0455. The highest BCUT2D eigenvalue weighted by molar-refractivity contribution is 6.17. The number of hydrogen-bond donors (Lipinski definition) is 0. The zero-order valence-corrected chi connectivity index (χ0v) is 25.6. The van der Waals surface area contributed by atoms with Crippen LogP contribution in [-0.2, 0) is 12.8 Å². The second-order valence-corrected chi connectivity index (χ2v) is 12.8. The Labute approximate surface area is 270 Å². The summed E-state index contributed by atoms with van der Waals surface area (Å²) < 4.78 is 11.4. The van der Waals surface area contributed by atoms with Crippen molar-refractivity contribution in [2.75, 3.05) is 0 Å². The molecule has 3 nitrogen and oxygen atoms in total. The molecule has 3 heteroatoms. The van der Waals surface area contributed by atoms with Gasteiger partial charge in [-0.25, -0.2) is 0 Å². The first kappa shape index (κ1) is 25.2. The van der Waals surface area contributed by atoms with Crippen molar-refractivity contribution < 1.29 is 4.42 Å². The summed E-state index contributed by atoms with van der Waals surface area (Å²) in [6, 6.07) is 52.8. The fourth-order valence-electron chi connectivity index (χ4n) is 8.56. The molecule has 3 heterocycles. The van der Waals surface area contributed by atoms with Gasteiger partial charge in [-0.3, -0.25) is 0 Å². The van der Waals surface area contributed by atoms with Crippen molar-refractivity contribution in [1.82, 2.24) is 9.13 Å². The van der Waals surface area contributed by atoms with Gasteiger partial charge in [0.05, 0.1) is 27.8 Å². The van der Waals surface area contributed by atoms with Gasteiger partial charge in [-0.1, -0.05) is 97.1 Å². The van der Waals surface area contributed by atoms with Gasteiger partial charge < -0.3 is 13.6 Å². The van der Waals surface area contributed by atoms with Gasteiger partial charge in [0.25, 0.3) is 0 Å². The molecule has 1 aliphatic rings. The maximum absolute atomic E-state index is 6.55. The van der Waals surface area contributed by atoms with Crippen molar-refractivity contribution in [3.05, 3.63) is 157 Å². The van der Waals surface area contributed by atoms with Crippen molar-refractivity contribution in [1.29, 1.82) is 0 Å². The van der Waals surface area contributed by atoms with E-state index in [1.807, 2.05) is 6.07 Å². The zero-order valence-electron chi connectivity index (χ0n) is 25.6. The van der Waals surface area contributed by atoms with E-state index in [1.54, 1.807) is 0 Å². The van der Waals surface area contributed by atoms with Crippen LogP contribution in [0.1, 0.15) is 11.1 Å². The molecule has 0 spiro atoms. The average molecular weight is 601 g/mol. The second-order valence-electron chi connectivity index (χ2n) is 12.8. The quantitative estimate of drug-likeness (QED) is 0.194. The van der Waals surface area contributed by atoms with Crippen LogP contribution in [0.5, 0.6) is 0 Å². The van der Waals surface area contributed by atoms with Crippen LogP contribution < -0.4 is 0 Å². The molecule has 0 unspecified atom stereocenters. The summed E-state index contributed by atoms with van der Waals surface area (Å²) in [5.74, 6) is 0. The first-order chi connectivity index (χ1) is 23.3. The summed E-state index contributed by atoms with van der Waals surface area (Å²) in [5, 5.41) is 7.64. The standard InChI is InChI=1S/C44H28N2O/c1-2-11-27(12-3-1)45-36-17-7-4-14-34(36)42-31-21-22-32-29(28(31)23-25-38(42)45)24-26-39-43(32)35-15-5-8-18-37(35)46(39)40-19-10-16-33-30-13-6-9-20-41(30)47-44(33)40/h1-20,23-26H,21-22H2. The molecule has 0 fully saturated rings. The summed E-state index contributed by atoms with van der Waals surface area (Å²) in [4.78, 5) is 0. The number of aromatic nitrogens is 2. The predicted octanol–water partition coefficient (Wildman–Crippen LogP) is 11.5. The van der Waals surface area contributed by atoms with Gasteiger partial charge in [0, 0.05) is 38.0 Å². The summed E-state index contributed by atoms with van der Waals surface area (Å²) in [7, 11) is 0. The lowest BCUT2D eigenvalue weighted by molar-refractivity contribution is 0.666. The van der Waals surface area contributed by atoms with Crippen molar-refractivity contribution >= 4 is 65.6 Å². The van der Waals surface area contributed by atoms with E-state index in [1.165, 1.54) is 71.6 Å². The molecule has 0 amide bonds. The van der Waals surface area contributed by atoms with E-state index in [2.05, 4.69) is 149 Å². The Hall–Kier alpha value is -6.06. The molecule has 10 aromatic rings. The van der Waals surface area contributed by atoms with Crippen LogP contribution in [0, 0.1) is 0 Å². The molecule has 0 saturated heterocycles. The average Bonchev–Trinajstić information content (AvgIpc) is 3.80. The van der Waals surface area contributed by atoms with E-state index < -0.39 is 0 Å². The molecule has 220 valence electrons. The molecule has 3 aromatic heterocycles. The van der Waals surface area contributed by atoms with Gasteiger partial charge in [0.2, 0.25) is 0 Å². The van der Waals surface area contributed by atoms with E-state index in [4.69, 9.17) is 4.42 Å². The van der Waals surface area contributed by atoms with E-state index in [0.717, 1.165) is 40.5 Å². The second kappa shape index (κ2) is 9.24. The van der Waals surface area contributed by atoms with E-state index in [9.17, 15) is 0 Å². The molecule has 11 rings (SSSR count). The molecule has 0 N–H and O–H groups in total. The first-order valence-electron chi connectivity index (χ1n) is 16.4. The molecule has 7 aromatic carbocycles. The zero-order chi connectivity index (χ0) is 30.6.